The summed E-state index contributed by atoms with van der Waals surface area (Å²) in [6.07, 6.45) is 3.45. The Kier molecular flexibility index (Phi) is 8.63. The first-order valence-electron chi connectivity index (χ1n) is 13.5. The molecule has 2 aromatic carbocycles. The molecule has 2 amide bonds. The molecular weight excluding hydrogens is 496 g/mol. The molecule has 39 heavy (non-hydrogen) atoms. The van der Waals surface area contributed by atoms with E-state index in [9.17, 15) is 14.4 Å². The molecule has 2 aliphatic heterocycles. The Labute approximate surface area is 230 Å². The van der Waals surface area contributed by atoms with Crippen LogP contribution in [0.4, 0.5) is 9.59 Å². The Morgan fingerprint density at radius 1 is 0.923 bits per heavy atom. The van der Waals surface area contributed by atoms with Crippen molar-refractivity contribution in [2.45, 2.75) is 70.9 Å². The first kappa shape index (κ1) is 28.2. The van der Waals surface area contributed by atoms with E-state index in [0.717, 1.165) is 11.1 Å². The van der Waals surface area contributed by atoms with Crippen LogP contribution in [-0.2, 0) is 32.2 Å². The zero-order valence-corrected chi connectivity index (χ0v) is 23.2. The van der Waals surface area contributed by atoms with Crippen LogP contribution in [0, 0.1) is 5.92 Å². The first-order valence-corrected chi connectivity index (χ1v) is 13.5. The smallest absolute Gasteiger partial charge is 0.411 e. The lowest BCUT2D eigenvalue weighted by molar-refractivity contribution is -0.159. The van der Waals surface area contributed by atoms with Gasteiger partial charge in [0.1, 0.15) is 18.8 Å². The number of likely N-dealkylation sites (tertiary alicyclic amines) is 2. The molecule has 4 rings (SSSR count). The topological polar surface area (TPSA) is 85.4 Å². The van der Waals surface area contributed by atoms with Gasteiger partial charge in [0.05, 0.1) is 6.04 Å². The highest BCUT2D eigenvalue weighted by molar-refractivity contribution is 5.88. The standard InChI is InChI=1S/C31H38N2O6/c1-5-6-18-31(27(34)37-21-23-13-9-7-10-14-23)25-17-19-32(28(35)39-30(2,3)4)26(25)20-33(31)29(36)38-22-24-15-11-8-12-16-24/h5-16,25-26H,17-22H2,1-4H3/b6-5+/t25-,26-,31+/m0/s1. The van der Waals surface area contributed by atoms with Crippen LogP contribution >= 0.6 is 0 Å². The highest BCUT2D eigenvalue weighted by atomic mass is 16.6. The number of carbonyl (C=O) groups excluding carboxylic acids is 3. The van der Waals surface area contributed by atoms with Crippen LogP contribution < -0.4 is 0 Å². The highest BCUT2D eigenvalue weighted by Gasteiger charge is 2.65. The summed E-state index contributed by atoms with van der Waals surface area (Å²) in [5, 5.41) is 0. The number of amides is 2. The van der Waals surface area contributed by atoms with Gasteiger partial charge in [-0.05, 0) is 51.7 Å². The Bertz CT molecular complexity index is 1180. The largest absolute Gasteiger partial charge is 0.459 e. The van der Waals surface area contributed by atoms with Gasteiger partial charge < -0.3 is 19.1 Å². The van der Waals surface area contributed by atoms with Gasteiger partial charge in [-0.2, -0.15) is 0 Å². The summed E-state index contributed by atoms with van der Waals surface area (Å²) in [6, 6.07) is 18.4. The van der Waals surface area contributed by atoms with Gasteiger partial charge in [0, 0.05) is 19.0 Å². The number of nitrogens with zero attached hydrogens (tertiary/aromatic N) is 2. The quantitative estimate of drug-likeness (QED) is 0.257. The fourth-order valence-corrected chi connectivity index (χ4v) is 5.52. The summed E-state index contributed by atoms with van der Waals surface area (Å²) in [5.41, 5.74) is -0.303. The summed E-state index contributed by atoms with van der Waals surface area (Å²) < 4.78 is 17.3. The minimum atomic E-state index is -1.32. The van der Waals surface area contributed by atoms with Crippen LogP contribution in [0.25, 0.3) is 0 Å². The maximum atomic E-state index is 14.0. The van der Waals surface area contributed by atoms with Crippen molar-refractivity contribution in [3.63, 3.8) is 0 Å². The lowest BCUT2D eigenvalue weighted by Crippen LogP contribution is -2.57. The van der Waals surface area contributed by atoms with Crippen molar-refractivity contribution in [3.05, 3.63) is 83.9 Å². The number of hydrogen-bond acceptors (Lipinski definition) is 6. The summed E-state index contributed by atoms with van der Waals surface area (Å²) >= 11 is 0. The minimum absolute atomic E-state index is 0.0695. The van der Waals surface area contributed by atoms with Gasteiger partial charge in [-0.15, -0.1) is 0 Å². The third-order valence-corrected chi connectivity index (χ3v) is 7.30. The summed E-state index contributed by atoms with van der Waals surface area (Å²) in [5.74, 6) is -0.839. The van der Waals surface area contributed by atoms with E-state index in [0.29, 0.717) is 13.0 Å². The van der Waals surface area contributed by atoms with Crippen molar-refractivity contribution in [1.29, 1.82) is 0 Å². The number of benzene rings is 2. The van der Waals surface area contributed by atoms with E-state index in [1.54, 1.807) is 4.90 Å². The average molecular weight is 535 g/mol. The monoisotopic (exact) mass is 534 g/mol. The molecular formula is C31H38N2O6. The predicted octanol–water partition coefficient (Wildman–Crippen LogP) is 5.71. The SMILES string of the molecule is C/C=C/C[C@]1(C(=O)OCc2ccccc2)[C@H]2CCN(C(=O)OC(C)(C)C)[C@H]2CN1C(=O)OCc1ccccc1. The second-order valence-electron chi connectivity index (χ2n) is 11.0. The number of esters is 1. The summed E-state index contributed by atoms with van der Waals surface area (Å²) in [4.78, 5) is 44.0. The second kappa shape index (κ2) is 11.9. The molecule has 8 nitrogen and oxygen atoms in total. The third-order valence-electron chi connectivity index (χ3n) is 7.30. The van der Waals surface area contributed by atoms with Crippen LogP contribution in [0.3, 0.4) is 0 Å². The van der Waals surface area contributed by atoms with Crippen molar-refractivity contribution in [2.75, 3.05) is 13.1 Å². The third kappa shape index (κ3) is 6.27. The van der Waals surface area contributed by atoms with Crippen LogP contribution in [-0.4, -0.2) is 58.2 Å². The van der Waals surface area contributed by atoms with E-state index >= 15 is 0 Å². The van der Waals surface area contributed by atoms with Crippen molar-refractivity contribution < 1.29 is 28.6 Å². The average Bonchev–Trinajstić information content (AvgIpc) is 3.48. The molecule has 2 fully saturated rings. The number of ether oxygens (including phenoxy) is 3. The van der Waals surface area contributed by atoms with Crippen molar-refractivity contribution in [1.82, 2.24) is 9.80 Å². The normalized spacial score (nSPS) is 22.6. The molecule has 0 spiro atoms. The second-order valence-corrected chi connectivity index (χ2v) is 11.0. The number of allylic oxidation sites excluding steroid dienone is 1. The summed E-state index contributed by atoms with van der Waals surface area (Å²) in [6.45, 7) is 8.05. The van der Waals surface area contributed by atoms with Gasteiger partial charge in [-0.25, -0.2) is 14.4 Å². The fraction of sp³-hybridized carbons (Fsp3) is 0.452. The van der Waals surface area contributed by atoms with Crippen molar-refractivity contribution >= 4 is 18.2 Å². The van der Waals surface area contributed by atoms with Crippen LogP contribution in [0.15, 0.2) is 72.8 Å². The molecule has 0 aromatic heterocycles. The molecule has 0 N–H and O–H groups in total. The molecule has 0 aliphatic carbocycles. The Hall–Kier alpha value is -3.81. The Morgan fingerprint density at radius 2 is 1.51 bits per heavy atom. The maximum Gasteiger partial charge on any atom is 0.411 e. The zero-order valence-electron chi connectivity index (χ0n) is 23.2. The lowest BCUT2D eigenvalue weighted by Gasteiger charge is -2.38. The molecule has 0 unspecified atom stereocenters. The Balaban J connectivity index is 1.65. The number of carbonyl (C=O) groups is 3. The van der Waals surface area contributed by atoms with E-state index in [2.05, 4.69) is 0 Å². The molecule has 2 aliphatic rings. The van der Waals surface area contributed by atoms with Gasteiger partial charge in [0.25, 0.3) is 0 Å². The fourth-order valence-electron chi connectivity index (χ4n) is 5.52. The molecule has 2 saturated heterocycles. The Morgan fingerprint density at radius 3 is 2.08 bits per heavy atom. The molecule has 8 heteroatoms. The zero-order chi connectivity index (χ0) is 28.0. The first-order chi connectivity index (χ1) is 18.7. The molecule has 2 heterocycles. The minimum Gasteiger partial charge on any atom is -0.459 e. The van der Waals surface area contributed by atoms with Gasteiger partial charge in [-0.1, -0.05) is 72.8 Å². The molecule has 0 bridgehead atoms. The lowest BCUT2D eigenvalue weighted by atomic mass is 9.79. The maximum absolute atomic E-state index is 14.0. The molecule has 2 aromatic rings. The summed E-state index contributed by atoms with van der Waals surface area (Å²) in [7, 11) is 0. The van der Waals surface area contributed by atoms with Gasteiger partial charge in [0.15, 0.2) is 5.54 Å². The van der Waals surface area contributed by atoms with Crippen molar-refractivity contribution in [3.8, 4) is 0 Å². The number of hydrogen-bond donors (Lipinski definition) is 0. The predicted molar refractivity (Wildman–Crippen MR) is 147 cm³/mol. The molecule has 208 valence electrons. The van der Waals surface area contributed by atoms with E-state index in [1.165, 1.54) is 4.90 Å². The van der Waals surface area contributed by atoms with Crippen LogP contribution in [0.5, 0.6) is 0 Å². The highest BCUT2D eigenvalue weighted by Crippen LogP contribution is 2.47. The van der Waals surface area contributed by atoms with Crippen LogP contribution in [0.2, 0.25) is 0 Å². The van der Waals surface area contributed by atoms with Gasteiger partial charge >= 0.3 is 18.2 Å². The van der Waals surface area contributed by atoms with E-state index in [1.807, 2.05) is 101 Å². The van der Waals surface area contributed by atoms with E-state index in [4.69, 9.17) is 14.2 Å². The van der Waals surface area contributed by atoms with Crippen molar-refractivity contribution in [2.24, 2.45) is 5.92 Å². The number of fused-ring (bicyclic) bond motifs is 1. The van der Waals surface area contributed by atoms with Gasteiger partial charge in [0.2, 0.25) is 0 Å². The number of rotatable bonds is 7. The van der Waals surface area contributed by atoms with E-state index in [-0.39, 0.29) is 32.1 Å². The molecule has 0 radical (unpaired) electrons. The molecule has 0 saturated carbocycles. The van der Waals surface area contributed by atoms with Gasteiger partial charge in [-0.3, -0.25) is 4.90 Å². The molecule has 3 atom stereocenters. The van der Waals surface area contributed by atoms with E-state index < -0.39 is 35.3 Å². The van der Waals surface area contributed by atoms with Crippen LogP contribution in [0.1, 0.15) is 51.7 Å².